The van der Waals surface area contributed by atoms with Crippen LogP contribution in [0.1, 0.15) is 33.3 Å². The molecule has 1 aromatic carbocycles. The van der Waals surface area contributed by atoms with E-state index in [1.165, 1.54) is 0 Å². The first-order valence-corrected chi connectivity index (χ1v) is 5.68. The Bertz CT molecular complexity index is 402. The Morgan fingerprint density at radius 1 is 1.19 bits per heavy atom. The Hall–Kier alpha value is -1.31. The van der Waals surface area contributed by atoms with Crippen LogP contribution in [0.5, 0.6) is 0 Å². The highest BCUT2D eigenvalue weighted by Gasteiger charge is 2.61. The van der Waals surface area contributed by atoms with Crippen LogP contribution in [0.15, 0.2) is 30.3 Å². The van der Waals surface area contributed by atoms with E-state index in [1.807, 2.05) is 37.3 Å². The van der Waals surface area contributed by atoms with Crippen LogP contribution in [-0.2, 0) is 15.1 Å². The van der Waals surface area contributed by atoms with E-state index < -0.39 is 5.60 Å². The van der Waals surface area contributed by atoms with Gasteiger partial charge in [-0.2, -0.15) is 0 Å². The summed E-state index contributed by atoms with van der Waals surface area (Å²) >= 11 is 0. The number of carbonyl (C=O) groups excluding carboxylic acids is 1. The minimum absolute atomic E-state index is 0.0742. The summed E-state index contributed by atoms with van der Waals surface area (Å²) in [5.41, 5.74) is 0.530. The lowest BCUT2D eigenvalue weighted by molar-refractivity contribution is -0.241. The lowest BCUT2D eigenvalue weighted by atomic mass is 9.62. The number of carbonyl (C=O) groups is 1. The van der Waals surface area contributed by atoms with Gasteiger partial charge in [0.2, 0.25) is 0 Å². The van der Waals surface area contributed by atoms with Gasteiger partial charge in [-0.15, -0.1) is 0 Å². The smallest absolute Gasteiger partial charge is 0.314 e. The van der Waals surface area contributed by atoms with Crippen LogP contribution in [0.4, 0.5) is 0 Å². The average Bonchev–Trinajstić information content (AvgIpc) is 2.24. The van der Waals surface area contributed by atoms with Crippen molar-refractivity contribution in [1.29, 1.82) is 0 Å². The fourth-order valence-electron chi connectivity index (χ4n) is 2.67. The first-order valence-electron chi connectivity index (χ1n) is 5.68. The third-order valence-corrected chi connectivity index (χ3v) is 3.54. The molecule has 0 radical (unpaired) electrons. The average molecular weight is 218 g/mol. The number of hydrogen-bond acceptors (Lipinski definition) is 2. The predicted octanol–water partition coefficient (Wildman–Crippen LogP) is 3.12. The molecule has 0 aliphatic carbocycles. The third-order valence-electron chi connectivity index (χ3n) is 3.54. The van der Waals surface area contributed by atoms with Crippen molar-refractivity contribution < 1.29 is 9.53 Å². The van der Waals surface area contributed by atoms with E-state index in [4.69, 9.17) is 4.74 Å². The van der Waals surface area contributed by atoms with Crippen LogP contribution in [0.25, 0.3) is 0 Å². The molecule has 2 atom stereocenters. The number of benzene rings is 1. The SMILES string of the molecule is C[C@@H]1C(=O)O[C@@]1(c1ccccc1)C(C)(C)C. The molecule has 0 unspecified atom stereocenters. The molecule has 0 aromatic heterocycles. The lowest BCUT2D eigenvalue weighted by Gasteiger charge is -2.54. The number of rotatable bonds is 1. The van der Waals surface area contributed by atoms with E-state index in [1.54, 1.807) is 0 Å². The largest absolute Gasteiger partial charge is 0.452 e. The summed E-state index contributed by atoms with van der Waals surface area (Å²) in [6.07, 6.45) is 0. The summed E-state index contributed by atoms with van der Waals surface area (Å²) in [5.74, 6) is -0.173. The summed E-state index contributed by atoms with van der Waals surface area (Å²) in [7, 11) is 0. The molecule has 2 heteroatoms. The summed E-state index contributed by atoms with van der Waals surface area (Å²) in [6.45, 7) is 8.29. The Balaban J connectivity index is 2.50. The molecule has 0 amide bonds. The Labute approximate surface area is 96.6 Å². The van der Waals surface area contributed by atoms with Gasteiger partial charge in [-0.1, -0.05) is 51.1 Å². The zero-order chi connectivity index (χ0) is 12.0. The van der Waals surface area contributed by atoms with Crippen molar-refractivity contribution in [2.75, 3.05) is 0 Å². The predicted molar refractivity (Wildman–Crippen MR) is 62.8 cm³/mol. The van der Waals surface area contributed by atoms with Gasteiger partial charge in [-0.25, -0.2) is 0 Å². The van der Waals surface area contributed by atoms with Gasteiger partial charge in [0.25, 0.3) is 0 Å². The van der Waals surface area contributed by atoms with Crippen LogP contribution >= 0.6 is 0 Å². The Kier molecular flexibility index (Phi) is 2.33. The number of ether oxygens (including phenoxy) is 1. The quantitative estimate of drug-likeness (QED) is 0.677. The molecule has 0 N–H and O–H groups in total. The third kappa shape index (κ3) is 1.29. The van der Waals surface area contributed by atoms with Crippen LogP contribution in [0.2, 0.25) is 0 Å². The Morgan fingerprint density at radius 3 is 2.12 bits per heavy atom. The normalized spacial score (nSPS) is 29.5. The van der Waals surface area contributed by atoms with Gasteiger partial charge in [0.05, 0.1) is 5.92 Å². The second kappa shape index (κ2) is 3.34. The highest BCUT2D eigenvalue weighted by atomic mass is 16.6. The second-order valence-electron chi connectivity index (χ2n) is 5.49. The molecular weight excluding hydrogens is 200 g/mol. The van der Waals surface area contributed by atoms with E-state index in [-0.39, 0.29) is 17.3 Å². The van der Waals surface area contributed by atoms with Crippen molar-refractivity contribution in [3.8, 4) is 0 Å². The number of cyclic esters (lactones) is 1. The van der Waals surface area contributed by atoms with Gasteiger partial charge >= 0.3 is 5.97 Å². The molecule has 1 fully saturated rings. The monoisotopic (exact) mass is 218 g/mol. The maximum Gasteiger partial charge on any atom is 0.314 e. The fourth-order valence-corrected chi connectivity index (χ4v) is 2.67. The first kappa shape index (κ1) is 11.2. The lowest BCUT2D eigenvalue weighted by Crippen LogP contribution is -2.60. The molecule has 0 saturated carbocycles. The van der Waals surface area contributed by atoms with E-state index in [0.29, 0.717) is 0 Å². The minimum atomic E-state index is -0.467. The first-order chi connectivity index (χ1) is 7.39. The molecule has 1 saturated heterocycles. The topological polar surface area (TPSA) is 26.3 Å². The van der Waals surface area contributed by atoms with Crippen molar-refractivity contribution in [1.82, 2.24) is 0 Å². The van der Waals surface area contributed by atoms with Gasteiger partial charge in [0.1, 0.15) is 0 Å². The van der Waals surface area contributed by atoms with Crippen LogP contribution in [-0.4, -0.2) is 5.97 Å². The van der Waals surface area contributed by atoms with Gasteiger partial charge in [0.15, 0.2) is 5.60 Å². The van der Waals surface area contributed by atoms with E-state index >= 15 is 0 Å². The summed E-state index contributed by atoms with van der Waals surface area (Å²) in [5, 5.41) is 0. The maximum atomic E-state index is 11.4. The van der Waals surface area contributed by atoms with Gasteiger partial charge < -0.3 is 4.74 Å². The molecule has 1 aromatic rings. The molecule has 1 aliphatic heterocycles. The fraction of sp³-hybridized carbons (Fsp3) is 0.500. The summed E-state index contributed by atoms with van der Waals surface area (Å²) in [4.78, 5) is 11.4. The van der Waals surface area contributed by atoms with Crippen LogP contribution < -0.4 is 0 Å². The van der Waals surface area contributed by atoms with Crippen molar-refractivity contribution >= 4 is 5.97 Å². The molecule has 2 rings (SSSR count). The molecular formula is C14H18O2. The van der Waals surface area contributed by atoms with E-state index in [9.17, 15) is 4.79 Å². The van der Waals surface area contributed by atoms with Crippen molar-refractivity contribution in [2.24, 2.45) is 11.3 Å². The zero-order valence-electron chi connectivity index (χ0n) is 10.3. The number of hydrogen-bond donors (Lipinski definition) is 0. The minimum Gasteiger partial charge on any atom is -0.452 e. The van der Waals surface area contributed by atoms with Gasteiger partial charge in [-0.05, 0) is 12.5 Å². The molecule has 16 heavy (non-hydrogen) atoms. The molecule has 1 aliphatic rings. The van der Waals surface area contributed by atoms with Crippen molar-refractivity contribution in [2.45, 2.75) is 33.3 Å². The highest BCUT2D eigenvalue weighted by molar-refractivity contribution is 5.81. The molecule has 86 valence electrons. The molecule has 2 nitrogen and oxygen atoms in total. The van der Waals surface area contributed by atoms with Crippen molar-refractivity contribution in [3.05, 3.63) is 35.9 Å². The molecule has 0 spiro atoms. The molecule has 1 heterocycles. The van der Waals surface area contributed by atoms with Crippen LogP contribution in [0.3, 0.4) is 0 Å². The van der Waals surface area contributed by atoms with E-state index in [0.717, 1.165) is 5.56 Å². The second-order valence-corrected chi connectivity index (χ2v) is 5.49. The van der Waals surface area contributed by atoms with E-state index in [2.05, 4.69) is 20.8 Å². The number of esters is 1. The zero-order valence-corrected chi connectivity index (χ0v) is 10.3. The molecule has 0 bridgehead atoms. The van der Waals surface area contributed by atoms with Crippen molar-refractivity contribution in [3.63, 3.8) is 0 Å². The summed E-state index contributed by atoms with van der Waals surface area (Å²) in [6, 6.07) is 10.0. The highest BCUT2D eigenvalue weighted by Crippen LogP contribution is 2.54. The van der Waals surface area contributed by atoms with Crippen LogP contribution in [0, 0.1) is 11.3 Å². The summed E-state index contributed by atoms with van der Waals surface area (Å²) < 4.78 is 5.55. The Morgan fingerprint density at radius 2 is 1.75 bits per heavy atom. The maximum absolute atomic E-state index is 11.4. The van der Waals surface area contributed by atoms with Gasteiger partial charge in [-0.3, -0.25) is 4.79 Å². The van der Waals surface area contributed by atoms with Gasteiger partial charge in [0, 0.05) is 5.41 Å². The standard InChI is InChI=1S/C14H18O2/c1-10-12(15)16-14(10,13(2,3)4)11-8-6-5-7-9-11/h5-10H,1-4H3/t10-,14+/m1/s1.